The van der Waals surface area contributed by atoms with Crippen LogP contribution in [0.1, 0.15) is 41.6 Å². The van der Waals surface area contributed by atoms with Crippen molar-refractivity contribution < 1.29 is 14.3 Å². The highest BCUT2D eigenvalue weighted by molar-refractivity contribution is 7.99. The predicted octanol–water partition coefficient (Wildman–Crippen LogP) is 4.49. The van der Waals surface area contributed by atoms with Crippen molar-refractivity contribution in [3.63, 3.8) is 0 Å². The molecule has 2 amide bonds. The van der Waals surface area contributed by atoms with E-state index in [1.165, 1.54) is 11.8 Å². The summed E-state index contributed by atoms with van der Waals surface area (Å²) < 4.78 is 7.02. The van der Waals surface area contributed by atoms with Crippen molar-refractivity contribution in [2.24, 2.45) is 0 Å². The van der Waals surface area contributed by atoms with E-state index in [4.69, 9.17) is 16.3 Å². The SMILES string of the molecule is CCn1c(SCC(=O)Nc2cc(Cl)ccc2C)nnc1[C@@H](C)NC(=O)c1ccc(OC)cc1. The number of nitrogens with one attached hydrogen (secondary N) is 2. The standard InChI is InChI=1S/C23H26ClN5O3S/c1-5-29-21(15(3)25-22(31)16-7-10-18(32-4)11-8-16)27-28-23(29)33-13-20(30)26-19-12-17(24)9-6-14(19)2/h6-12,15H,5,13H2,1-4H3,(H,25,31)(H,26,30)/t15-/m1/s1. The molecule has 3 rings (SSSR count). The number of methoxy groups -OCH3 is 1. The molecule has 0 aliphatic carbocycles. The zero-order chi connectivity index (χ0) is 24.0. The molecule has 0 saturated heterocycles. The minimum atomic E-state index is -0.371. The van der Waals surface area contributed by atoms with Crippen LogP contribution in [0.4, 0.5) is 5.69 Å². The van der Waals surface area contributed by atoms with Crippen molar-refractivity contribution in [1.82, 2.24) is 20.1 Å². The third-order valence-electron chi connectivity index (χ3n) is 4.95. The summed E-state index contributed by atoms with van der Waals surface area (Å²) in [5.41, 5.74) is 2.13. The number of halogens is 1. The van der Waals surface area contributed by atoms with Gasteiger partial charge in [-0.15, -0.1) is 10.2 Å². The highest BCUT2D eigenvalue weighted by atomic mass is 35.5. The van der Waals surface area contributed by atoms with E-state index in [-0.39, 0.29) is 23.6 Å². The van der Waals surface area contributed by atoms with Crippen molar-refractivity contribution in [3.8, 4) is 5.75 Å². The largest absolute Gasteiger partial charge is 0.497 e. The van der Waals surface area contributed by atoms with Crippen LogP contribution >= 0.6 is 23.4 Å². The van der Waals surface area contributed by atoms with E-state index in [0.29, 0.717) is 39.5 Å². The minimum absolute atomic E-state index is 0.163. The number of ether oxygens (including phenoxy) is 1. The van der Waals surface area contributed by atoms with Gasteiger partial charge in [0.25, 0.3) is 5.91 Å². The van der Waals surface area contributed by atoms with Gasteiger partial charge in [0.2, 0.25) is 5.91 Å². The van der Waals surface area contributed by atoms with Crippen molar-refractivity contribution in [3.05, 3.63) is 64.4 Å². The predicted molar refractivity (Wildman–Crippen MR) is 130 cm³/mol. The van der Waals surface area contributed by atoms with Crippen LogP contribution in [0.2, 0.25) is 5.02 Å². The zero-order valence-electron chi connectivity index (χ0n) is 18.9. The molecule has 1 heterocycles. The summed E-state index contributed by atoms with van der Waals surface area (Å²) in [4.78, 5) is 25.0. The van der Waals surface area contributed by atoms with E-state index >= 15 is 0 Å². The molecule has 0 unspecified atom stereocenters. The Bertz CT molecular complexity index is 1130. The second kappa shape index (κ2) is 11.2. The Balaban J connectivity index is 1.63. The number of hydrogen-bond acceptors (Lipinski definition) is 6. The van der Waals surface area contributed by atoms with Crippen molar-refractivity contribution >= 4 is 40.9 Å². The Kier molecular flexibility index (Phi) is 8.35. The first-order valence-corrected chi connectivity index (χ1v) is 11.8. The van der Waals surface area contributed by atoms with Gasteiger partial charge in [0.05, 0.1) is 18.9 Å². The number of anilines is 1. The molecule has 1 aromatic heterocycles. The van der Waals surface area contributed by atoms with Crippen LogP contribution in [0.25, 0.3) is 0 Å². The highest BCUT2D eigenvalue weighted by Gasteiger charge is 2.20. The monoisotopic (exact) mass is 487 g/mol. The van der Waals surface area contributed by atoms with E-state index in [0.717, 1.165) is 5.56 Å². The number of amides is 2. The quantitative estimate of drug-likeness (QED) is 0.431. The van der Waals surface area contributed by atoms with Gasteiger partial charge in [-0.3, -0.25) is 9.59 Å². The molecule has 0 saturated carbocycles. The first-order chi connectivity index (χ1) is 15.8. The first kappa shape index (κ1) is 24.6. The molecule has 33 heavy (non-hydrogen) atoms. The lowest BCUT2D eigenvalue weighted by atomic mass is 10.2. The summed E-state index contributed by atoms with van der Waals surface area (Å²) in [6.07, 6.45) is 0. The summed E-state index contributed by atoms with van der Waals surface area (Å²) in [6.45, 7) is 6.31. The van der Waals surface area contributed by atoms with E-state index in [9.17, 15) is 9.59 Å². The number of benzene rings is 2. The number of hydrogen-bond donors (Lipinski definition) is 2. The fourth-order valence-corrected chi connectivity index (χ4v) is 4.14. The Morgan fingerprint density at radius 1 is 1.18 bits per heavy atom. The molecule has 3 aromatic rings. The van der Waals surface area contributed by atoms with Crippen LogP contribution in [0, 0.1) is 6.92 Å². The number of thioether (sulfide) groups is 1. The molecule has 0 bridgehead atoms. The van der Waals surface area contributed by atoms with Gasteiger partial charge in [-0.25, -0.2) is 0 Å². The van der Waals surface area contributed by atoms with Gasteiger partial charge in [-0.05, 0) is 62.7 Å². The molecule has 2 aromatic carbocycles. The number of carbonyl (C=O) groups is 2. The highest BCUT2D eigenvalue weighted by Crippen LogP contribution is 2.23. The topological polar surface area (TPSA) is 98.1 Å². The summed E-state index contributed by atoms with van der Waals surface area (Å²) in [5.74, 6) is 1.07. The third-order valence-corrected chi connectivity index (χ3v) is 6.16. The van der Waals surface area contributed by atoms with Gasteiger partial charge < -0.3 is 19.9 Å². The average Bonchev–Trinajstić information content (AvgIpc) is 3.23. The fourth-order valence-electron chi connectivity index (χ4n) is 3.16. The summed E-state index contributed by atoms with van der Waals surface area (Å²) in [7, 11) is 1.58. The van der Waals surface area contributed by atoms with Gasteiger partial charge in [-0.2, -0.15) is 0 Å². The summed E-state index contributed by atoms with van der Waals surface area (Å²) >= 11 is 7.30. The molecule has 8 nitrogen and oxygen atoms in total. The molecule has 174 valence electrons. The molecule has 0 spiro atoms. The lowest BCUT2D eigenvalue weighted by molar-refractivity contribution is -0.113. The van der Waals surface area contributed by atoms with E-state index in [2.05, 4.69) is 20.8 Å². The Hall–Kier alpha value is -3.04. The second-order valence-corrected chi connectivity index (χ2v) is 8.68. The second-order valence-electron chi connectivity index (χ2n) is 7.30. The van der Waals surface area contributed by atoms with Crippen LogP contribution in [-0.4, -0.2) is 39.4 Å². The minimum Gasteiger partial charge on any atom is -0.497 e. The number of rotatable bonds is 9. The first-order valence-electron chi connectivity index (χ1n) is 10.4. The van der Waals surface area contributed by atoms with Gasteiger partial charge in [0, 0.05) is 22.8 Å². The van der Waals surface area contributed by atoms with Gasteiger partial charge in [-0.1, -0.05) is 29.4 Å². The third kappa shape index (κ3) is 6.27. The Morgan fingerprint density at radius 2 is 1.91 bits per heavy atom. The van der Waals surface area contributed by atoms with E-state index < -0.39 is 0 Å². The average molecular weight is 488 g/mol. The smallest absolute Gasteiger partial charge is 0.251 e. The van der Waals surface area contributed by atoms with Crippen LogP contribution in [0.5, 0.6) is 5.75 Å². The number of carbonyl (C=O) groups excluding carboxylic acids is 2. The van der Waals surface area contributed by atoms with Gasteiger partial charge in [0.1, 0.15) is 5.75 Å². The van der Waals surface area contributed by atoms with E-state index in [1.807, 2.05) is 31.4 Å². The molecule has 2 N–H and O–H groups in total. The molecule has 0 aliphatic heterocycles. The van der Waals surface area contributed by atoms with Crippen molar-refractivity contribution in [2.45, 2.75) is 38.5 Å². The lowest BCUT2D eigenvalue weighted by Crippen LogP contribution is -2.28. The maximum Gasteiger partial charge on any atom is 0.251 e. The summed E-state index contributed by atoms with van der Waals surface area (Å²) in [6, 6.07) is 11.9. The lowest BCUT2D eigenvalue weighted by Gasteiger charge is -2.15. The van der Waals surface area contributed by atoms with Crippen molar-refractivity contribution in [1.29, 1.82) is 0 Å². The van der Waals surface area contributed by atoms with Gasteiger partial charge in [0.15, 0.2) is 11.0 Å². The molecular weight excluding hydrogens is 462 g/mol. The van der Waals surface area contributed by atoms with Crippen LogP contribution < -0.4 is 15.4 Å². The zero-order valence-corrected chi connectivity index (χ0v) is 20.5. The van der Waals surface area contributed by atoms with Crippen LogP contribution in [0.3, 0.4) is 0 Å². The van der Waals surface area contributed by atoms with Gasteiger partial charge >= 0.3 is 0 Å². The number of aromatic nitrogens is 3. The molecule has 10 heteroatoms. The number of aryl methyl sites for hydroxylation is 1. The molecular formula is C23H26ClN5O3S. The molecule has 0 fully saturated rings. The normalized spacial score (nSPS) is 11.7. The van der Waals surface area contributed by atoms with Crippen molar-refractivity contribution in [2.75, 3.05) is 18.2 Å². The maximum absolute atomic E-state index is 12.6. The summed E-state index contributed by atoms with van der Waals surface area (Å²) in [5, 5.41) is 15.5. The Labute approximate surface area is 202 Å². The number of nitrogens with zero attached hydrogens (tertiary/aromatic N) is 3. The molecule has 0 aliphatic rings. The van der Waals surface area contributed by atoms with Crippen LogP contribution in [0.15, 0.2) is 47.6 Å². The van der Waals surface area contributed by atoms with Crippen LogP contribution in [-0.2, 0) is 11.3 Å². The molecule has 1 atom stereocenters. The molecule has 0 radical (unpaired) electrons. The van der Waals surface area contributed by atoms with E-state index in [1.54, 1.807) is 43.5 Å². The maximum atomic E-state index is 12.6. The fraction of sp³-hybridized carbons (Fsp3) is 0.304. The Morgan fingerprint density at radius 3 is 2.58 bits per heavy atom.